The van der Waals surface area contributed by atoms with E-state index in [1.807, 2.05) is 18.2 Å². The average Bonchev–Trinajstić information content (AvgIpc) is 2.50. The Bertz CT molecular complexity index is 639. The molecular formula is C16H20ClN3O. The fourth-order valence-electron chi connectivity index (χ4n) is 2.65. The zero-order valence-corrected chi connectivity index (χ0v) is 13.2. The first-order chi connectivity index (χ1) is 10.2. The van der Waals surface area contributed by atoms with Crippen LogP contribution in [0.5, 0.6) is 5.75 Å². The lowest BCUT2D eigenvalue weighted by Gasteiger charge is -2.32. The highest BCUT2D eigenvalue weighted by Crippen LogP contribution is 2.25. The molecule has 5 heteroatoms. The minimum atomic E-state index is 0.592. The summed E-state index contributed by atoms with van der Waals surface area (Å²) in [5.41, 5.74) is 1.97. The lowest BCUT2D eigenvalue weighted by molar-refractivity contribution is 0.148. The summed E-state index contributed by atoms with van der Waals surface area (Å²) in [6, 6.07) is 8.05. The van der Waals surface area contributed by atoms with Crippen LogP contribution in [0.2, 0.25) is 5.15 Å². The second kappa shape index (κ2) is 6.18. The first-order valence-electron chi connectivity index (χ1n) is 7.20. The zero-order valence-electron chi connectivity index (χ0n) is 12.5. The Morgan fingerprint density at radius 1 is 1.19 bits per heavy atom. The number of benzene rings is 1. The Balaban J connectivity index is 1.83. The quantitative estimate of drug-likeness (QED) is 0.815. The Kier molecular flexibility index (Phi) is 4.29. The van der Waals surface area contributed by atoms with Crippen LogP contribution in [0.4, 0.5) is 0 Å². The number of hydrogen-bond acceptors (Lipinski definition) is 4. The molecule has 1 aliphatic heterocycles. The van der Waals surface area contributed by atoms with E-state index >= 15 is 0 Å². The second-order valence-corrected chi connectivity index (χ2v) is 5.93. The van der Waals surface area contributed by atoms with Crippen molar-refractivity contribution >= 4 is 22.5 Å². The van der Waals surface area contributed by atoms with Gasteiger partial charge in [0.25, 0.3) is 0 Å². The molecule has 0 aliphatic carbocycles. The molecule has 0 N–H and O–H groups in total. The molecule has 2 aromatic rings. The van der Waals surface area contributed by atoms with Gasteiger partial charge in [-0.15, -0.1) is 0 Å². The number of likely N-dealkylation sites (N-methyl/N-ethyl adjacent to an activating group) is 1. The van der Waals surface area contributed by atoms with Crippen LogP contribution in [0.1, 0.15) is 5.56 Å². The highest BCUT2D eigenvalue weighted by atomic mass is 35.5. The van der Waals surface area contributed by atoms with Gasteiger partial charge in [0.05, 0.1) is 12.6 Å². The van der Waals surface area contributed by atoms with Crippen molar-refractivity contribution in [1.29, 1.82) is 0 Å². The summed E-state index contributed by atoms with van der Waals surface area (Å²) in [5, 5.41) is 1.69. The van der Waals surface area contributed by atoms with E-state index in [9.17, 15) is 0 Å². The molecule has 1 fully saturated rings. The van der Waals surface area contributed by atoms with Crippen molar-refractivity contribution < 1.29 is 4.74 Å². The van der Waals surface area contributed by atoms with E-state index in [2.05, 4.69) is 27.9 Å². The molecule has 0 radical (unpaired) electrons. The monoisotopic (exact) mass is 305 g/mol. The first-order valence-corrected chi connectivity index (χ1v) is 7.57. The molecule has 2 heterocycles. The minimum absolute atomic E-state index is 0.592. The molecular weight excluding hydrogens is 286 g/mol. The van der Waals surface area contributed by atoms with Gasteiger partial charge in [0.1, 0.15) is 10.9 Å². The van der Waals surface area contributed by atoms with Gasteiger partial charge >= 0.3 is 0 Å². The van der Waals surface area contributed by atoms with Crippen molar-refractivity contribution in [3.05, 3.63) is 35.0 Å². The van der Waals surface area contributed by atoms with Gasteiger partial charge in [-0.1, -0.05) is 11.6 Å². The summed E-state index contributed by atoms with van der Waals surface area (Å²) < 4.78 is 5.23. The van der Waals surface area contributed by atoms with Gasteiger partial charge in [-0.3, -0.25) is 4.90 Å². The number of pyridine rings is 1. The van der Waals surface area contributed by atoms with Gasteiger partial charge in [0.2, 0.25) is 0 Å². The van der Waals surface area contributed by atoms with Crippen molar-refractivity contribution in [2.45, 2.75) is 6.54 Å². The second-order valence-electron chi connectivity index (χ2n) is 5.58. The maximum atomic E-state index is 6.36. The van der Waals surface area contributed by atoms with Gasteiger partial charge in [-0.25, -0.2) is 4.98 Å². The molecule has 0 saturated carbocycles. The molecule has 1 saturated heterocycles. The van der Waals surface area contributed by atoms with E-state index in [-0.39, 0.29) is 0 Å². The van der Waals surface area contributed by atoms with Crippen LogP contribution in [0.3, 0.4) is 0 Å². The molecule has 4 nitrogen and oxygen atoms in total. The highest BCUT2D eigenvalue weighted by molar-refractivity contribution is 6.30. The fraction of sp³-hybridized carbons (Fsp3) is 0.438. The predicted octanol–water partition coefficient (Wildman–Crippen LogP) is 2.64. The topological polar surface area (TPSA) is 28.6 Å². The number of piperazine rings is 1. The lowest BCUT2D eigenvalue weighted by Crippen LogP contribution is -2.43. The van der Waals surface area contributed by atoms with Gasteiger partial charge in [-0.2, -0.15) is 0 Å². The molecule has 0 spiro atoms. The first kappa shape index (κ1) is 14.6. The van der Waals surface area contributed by atoms with Crippen molar-refractivity contribution in [3.63, 3.8) is 0 Å². The molecule has 1 aliphatic rings. The van der Waals surface area contributed by atoms with E-state index in [0.717, 1.165) is 54.9 Å². The summed E-state index contributed by atoms with van der Waals surface area (Å²) in [6.45, 7) is 5.23. The zero-order chi connectivity index (χ0) is 14.8. The molecule has 0 bridgehead atoms. The third kappa shape index (κ3) is 3.28. The summed E-state index contributed by atoms with van der Waals surface area (Å²) in [5.74, 6) is 0.804. The number of fused-ring (bicyclic) bond motifs is 1. The number of hydrogen-bond donors (Lipinski definition) is 0. The van der Waals surface area contributed by atoms with Crippen LogP contribution in [0.15, 0.2) is 24.3 Å². The predicted molar refractivity (Wildman–Crippen MR) is 86.1 cm³/mol. The van der Waals surface area contributed by atoms with Crippen LogP contribution in [0, 0.1) is 0 Å². The maximum Gasteiger partial charge on any atom is 0.134 e. The average molecular weight is 306 g/mol. The summed E-state index contributed by atoms with van der Waals surface area (Å²) >= 11 is 6.36. The van der Waals surface area contributed by atoms with E-state index in [0.29, 0.717) is 5.15 Å². The Morgan fingerprint density at radius 3 is 2.67 bits per heavy atom. The van der Waals surface area contributed by atoms with E-state index in [4.69, 9.17) is 16.3 Å². The molecule has 112 valence electrons. The lowest BCUT2D eigenvalue weighted by atomic mass is 10.1. The highest BCUT2D eigenvalue weighted by Gasteiger charge is 2.16. The molecule has 21 heavy (non-hydrogen) atoms. The van der Waals surface area contributed by atoms with Crippen molar-refractivity contribution in [2.24, 2.45) is 0 Å². The molecule has 0 amide bonds. The SMILES string of the molecule is COc1ccc2cc(CN3CCN(C)CC3)c(Cl)nc2c1. The molecule has 0 atom stereocenters. The van der Waals surface area contributed by atoms with Crippen LogP contribution >= 0.6 is 11.6 Å². The largest absolute Gasteiger partial charge is 0.497 e. The number of nitrogens with zero attached hydrogens (tertiary/aromatic N) is 3. The third-order valence-corrected chi connectivity index (χ3v) is 4.37. The molecule has 1 aromatic heterocycles. The Labute approximate surface area is 130 Å². The van der Waals surface area contributed by atoms with Gasteiger partial charge in [0, 0.05) is 49.7 Å². The van der Waals surface area contributed by atoms with E-state index < -0.39 is 0 Å². The van der Waals surface area contributed by atoms with Crippen molar-refractivity contribution in [2.75, 3.05) is 40.3 Å². The smallest absolute Gasteiger partial charge is 0.134 e. The normalized spacial score (nSPS) is 17.3. The molecule has 1 aromatic carbocycles. The molecule has 3 rings (SSSR count). The minimum Gasteiger partial charge on any atom is -0.497 e. The Morgan fingerprint density at radius 2 is 1.95 bits per heavy atom. The van der Waals surface area contributed by atoms with E-state index in [1.54, 1.807) is 7.11 Å². The maximum absolute atomic E-state index is 6.36. The Hall–Kier alpha value is -1.36. The van der Waals surface area contributed by atoms with Crippen molar-refractivity contribution in [1.82, 2.24) is 14.8 Å². The summed E-state index contributed by atoms with van der Waals surface area (Å²) in [7, 11) is 3.82. The number of aromatic nitrogens is 1. The third-order valence-electron chi connectivity index (χ3n) is 4.04. The number of ether oxygens (including phenoxy) is 1. The summed E-state index contributed by atoms with van der Waals surface area (Å²) in [4.78, 5) is 9.29. The van der Waals surface area contributed by atoms with Crippen molar-refractivity contribution in [3.8, 4) is 5.75 Å². The fourth-order valence-corrected chi connectivity index (χ4v) is 2.86. The number of methoxy groups -OCH3 is 1. The molecule has 0 unspecified atom stereocenters. The van der Waals surface area contributed by atoms with Gasteiger partial charge in [0.15, 0.2) is 0 Å². The number of halogens is 1. The van der Waals surface area contributed by atoms with Crippen LogP contribution in [0.25, 0.3) is 10.9 Å². The number of rotatable bonds is 3. The van der Waals surface area contributed by atoms with Crippen LogP contribution in [-0.2, 0) is 6.54 Å². The van der Waals surface area contributed by atoms with Crippen LogP contribution in [-0.4, -0.2) is 55.1 Å². The standard InChI is InChI=1S/C16H20ClN3O/c1-19-5-7-20(8-6-19)11-13-9-12-3-4-14(21-2)10-15(12)18-16(13)17/h3-4,9-10H,5-8,11H2,1-2H3. The summed E-state index contributed by atoms with van der Waals surface area (Å²) in [6.07, 6.45) is 0. The van der Waals surface area contributed by atoms with E-state index in [1.165, 1.54) is 0 Å². The van der Waals surface area contributed by atoms with Crippen LogP contribution < -0.4 is 4.74 Å². The van der Waals surface area contributed by atoms with Gasteiger partial charge in [-0.05, 0) is 25.2 Å². The van der Waals surface area contributed by atoms with Gasteiger partial charge < -0.3 is 9.64 Å².